The molecule has 0 bridgehead atoms. The smallest absolute Gasteiger partial charge is 0.308 e. The highest BCUT2D eigenvalue weighted by atomic mass is 32.2. The molecule has 1 fully saturated rings. The number of benzene rings is 1. The summed E-state index contributed by atoms with van der Waals surface area (Å²) in [6.07, 6.45) is 4.04. The van der Waals surface area contributed by atoms with E-state index < -0.39 is 6.03 Å². The number of amides is 3. The van der Waals surface area contributed by atoms with Crippen LogP contribution in [0.25, 0.3) is 0 Å². The van der Waals surface area contributed by atoms with Crippen LogP contribution in [0.4, 0.5) is 10.5 Å². The fourth-order valence-corrected chi connectivity index (χ4v) is 3.38. The van der Waals surface area contributed by atoms with E-state index in [1.54, 1.807) is 12.1 Å². The first-order valence-electron chi connectivity index (χ1n) is 8.82. The zero-order valence-corrected chi connectivity index (χ0v) is 16.3. The maximum atomic E-state index is 12.1. The molecule has 3 amide bonds. The van der Waals surface area contributed by atoms with E-state index in [0.29, 0.717) is 23.3 Å². The summed E-state index contributed by atoms with van der Waals surface area (Å²) >= 11 is 1.26. The highest BCUT2D eigenvalue weighted by Crippen LogP contribution is 2.40. The highest BCUT2D eigenvalue weighted by molar-refractivity contribution is 7.99. The van der Waals surface area contributed by atoms with Crippen LogP contribution in [-0.4, -0.2) is 32.5 Å². The quantitative estimate of drug-likeness (QED) is 0.563. The van der Waals surface area contributed by atoms with Crippen molar-refractivity contribution < 1.29 is 9.59 Å². The molecule has 0 spiro atoms. The standard InChI is InChI=1S/C19H23N5O2S/c1-4-9-24-17(14-6-7-14)22-23-19(24)27-11-16(25)21-18(26)20-15-8-5-12(2)13(3)10-15/h4-5,8,10,14H,1,6-7,9,11H2,2-3H3,(H2,20,21,25,26). The summed E-state index contributed by atoms with van der Waals surface area (Å²) in [7, 11) is 0. The van der Waals surface area contributed by atoms with Crippen molar-refractivity contribution in [2.24, 2.45) is 0 Å². The molecule has 1 aromatic carbocycles. The molecule has 0 saturated heterocycles. The minimum Gasteiger partial charge on any atom is -0.308 e. The zero-order chi connectivity index (χ0) is 19.4. The van der Waals surface area contributed by atoms with Crippen LogP contribution in [0.2, 0.25) is 0 Å². The summed E-state index contributed by atoms with van der Waals surface area (Å²) in [6, 6.07) is 5.05. The number of nitrogens with one attached hydrogen (secondary N) is 2. The first-order chi connectivity index (χ1) is 13.0. The van der Waals surface area contributed by atoms with Gasteiger partial charge in [-0.15, -0.1) is 16.8 Å². The van der Waals surface area contributed by atoms with Crippen molar-refractivity contribution in [2.45, 2.75) is 44.3 Å². The number of hydrogen-bond donors (Lipinski definition) is 2. The van der Waals surface area contributed by atoms with Crippen LogP contribution >= 0.6 is 11.8 Å². The van der Waals surface area contributed by atoms with Crippen molar-refractivity contribution in [3.8, 4) is 0 Å². The number of urea groups is 1. The summed E-state index contributed by atoms with van der Waals surface area (Å²) in [6.45, 7) is 8.34. The second-order valence-corrected chi connectivity index (χ2v) is 7.55. The van der Waals surface area contributed by atoms with Crippen LogP contribution in [0.1, 0.15) is 35.7 Å². The van der Waals surface area contributed by atoms with Gasteiger partial charge in [-0.2, -0.15) is 0 Å². The lowest BCUT2D eigenvalue weighted by molar-refractivity contribution is -0.117. The van der Waals surface area contributed by atoms with Crippen LogP contribution in [-0.2, 0) is 11.3 Å². The molecule has 1 heterocycles. The number of rotatable bonds is 7. The number of aryl methyl sites for hydroxylation is 2. The molecule has 1 saturated carbocycles. The largest absolute Gasteiger partial charge is 0.325 e. The summed E-state index contributed by atoms with van der Waals surface area (Å²) in [4.78, 5) is 24.1. The van der Waals surface area contributed by atoms with Crippen LogP contribution in [0, 0.1) is 13.8 Å². The Hall–Kier alpha value is -2.61. The number of thioether (sulfide) groups is 1. The lowest BCUT2D eigenvalue weighted by atomic mass is 10.1. The van der Waals surface area contributed by atoms with Crippen molar-refractivity contribution in [1.29, 1.82) is 0 Å². The molecule has 27 heavy (non-hydrogen) atoms. The Balaban J connectivity index is 1.52. The van der Waals surface area contributed by atoms with Crippen molar-refractivity contribution in [2.75, 3.05) is 11.1 Å². The van der Waals surface area contributed by atoms with Gasteiger partial charge in [0.15, 0.2) is 5.16 Å². The average Bonchev–Trinajstić information content (AvgIpc) is 3.38. The van der Waals surface area contributed by atoms with Crippen LogP contribution in [0.3, 0.4) is 0 Å². The third kappa shape index (κ3) is 4.97. The Morgan fingerprint density at radius 3 is 2.74 bits per heavy atom. The minimum absolute atomic E-state index is 0.0836. The van der Waals surface area contributed by atoms with Gasteiger partial charge in [-0.25, -0.2) is 4.79 Å². The topological polar surface area (TPSA) is 88.9 Å². The van der Waals surface area contributed by atoms with Gasteiger partial charge in [-0.1, -0.05) is 23.9 Å². The predicted octanol–water partition coefficient (Wildman–Crippen LogP) is 3.40. The van der Waals surface area contributed by atoms with Crippen LogP contribution < -0.4 is 10.6 Å². The molecular weight excluding hydrogens is 362 g/mol. The normalized spacial score (nSPS) is 13.3. The van der Waals surface area contributed by atoms with E-state index in [0.717, 1.165) is 29.8 Å². The maximum absolute atomic E-state index is 12.1. The van der Waals surface area contributed by atoms with Crippen LogP contribution in [0.5, 0.6) is 0 Å². The van der Waals surface area contributed by atoms with Gasteiger partial charge in [0.2, 0.25) is 5.91 Å². The van der Waals surface area contributed by atoms with E-state index in [1.165, 1.54) is 11.8 Å². The molecule has 7 nitrogen and oxygen atoms in total. The Bertz CT molecular complexity index is 873. The van der Waals surface area contributed by atoms with Crippen molar-refractivity contribution in [3.63, 3.8) is 0 Å². The van der Waals surface area contributed by atoms with E-state index in [1.807, 2.05) is 30.5 Å². The SMILES string of the molecule is C=CCn1c(SCC(=O)NC(=O)Nc2ccc(C)c(C)c2)nnc1C1CC1. The van der Waals surface area contributed by atoms with Gasteiger partial charge >= 0.3 is 6.03 Å². The highest BCUT2D eigenvalue weighted by Gasteiger charge is 2.30. The molecule has 142 valence electrons. The molecule has 1 aliphatic carbocycles. The molecule has 2 aromatic rings. The fourth-order valence-electron chi connectivity index (χ4n) is 2.63. The minimum atomic E-state index is -0.546. The van der Waals surface area contributed by atoms with Gasteiger partial charge in [-0.3, -0.25) is 10.1 Å². The second-order valence-electron chi connectivity index (χ2n) is 6.60. The van der Waals surface area contributed by atoms with Crippen molar-refractivity contribution >= 4 is 29.4 Å². The summed E-state index contributed by atoms with van der Waals surface area (Å²) in [5.74, 6) is 1.11. The maximum Gasteiger partial charge on any atom is 0.325 e. The van der Waals surface area contributed by atoms with Gasteiger partial charge in [0.05, 0.1) is 5.75 Å². The van der Waals surface area contributed by atoms with Crippen molar-refractivity contribution in [1.82, 2.24) is 20.1 Å². The van der Waals surface area contributed by atoms with Gasteiger partial charge in [0.25, 0.3) is 0 Å². The lowest BCUT2D eigenvalue weighted by Crippen LogP contribution is -2.35. The summed E-state index contributed by atoms with van der Waals surface area (Å²) in [5, 5.41) is 14.1. The molecule has 2 N–H and O–H groups in total. The second kappa shape index (κ2) is 8.39. The van der Waals surface area contributed by atoms with E-state index in [9.17, 15) is 9.59 Å². The number of nitrogens with zero attached hydrogens (tertiary/aromatic N) is 3. The molecule has 0 unspecified atom stereocenters. The predicted molar refractivity (Wildman–Crippen MR) is 106 cm³/mol. The van der Waals surface area contributed by atoms with E-state index in [2.05, 4.69) is 27.4 Å². The number of carbonyl (C=O) groups is 2. The Labute approximate surface area is 162 Å². The number of hydrogen-bond acceptors (Lipinski definition) is 5. The molecule has 0 aliphatic heterocycles. The molecule has 8 heteroatoms. The summed E-state index contributed by atoms with van der Waals surface area (Å²) < 4.78 is 1.98. The average molecular weight is 385 g/mol. The lowest BCUT2D eigenvalue weighted by Gasteiger charge is -2.09. The molecule has 1 aliphatic rings. The molecule has 1 aromatic heterocycles. The third-order valence-electron chi connectivity index (χ3n) is 4.35. The molecule has 0 atom stereocenters. The van der Waals surface area contributed by atoms with Crippen LogP contribution in [0.15, 0.2) is 36.0 Å². The number of imide groups is 1. The molecular formula is C19H23N5O2S. The summed E-state index contributed by atoms with van der Waals surface area (Å²) in [5.41, 5.74) is 2.86. The number of carbonyl (C=O) groups excluding carboxylic acids is 2. The Kier molecular flexibility index (Phi) is 5.95. The van der Waals surface area contributed by atoms with Gasteiger partial charge in [-0.05, 0) is 49.9 Å². The van der Waals surface area contributed by atoms with Gasteiger partial charge in [0.1, 0.15) is 5.82 Å². The van der Waals surface area contributed by atoms with Crippen molar-refractivity contribution in [3.05, 3.63) is 47.8 Å². The van der Waals surface area contributed by atoms with E-state index in [-0.39, 0.29) is 11.7 Å². The number of aromatic nitrogens is 3. The fraction of sp³-hybridized carbons (Fsp3) is 0.368. The third-order valence-corrected chi connectivity index (χ3v) is 5.32. The van der Waals surface area contributed by atoms with E-state index in [4.69, 9.17) is 0 Å². The zero-order valence-electron chi connectivity index (χ0n) is 15.5. The number of allylic oxidation sites excluding steroid dienone is 1. The Morgan fingerprint density at radius 2 is 2.07 bits per heavy atom. The number of anilines is 1. The molecule has 3 rings (SSSR count). The van der Waals surface area contributed by atoms with Gasteiger partial charge < -0.3 is 9.88 Å². The van der Waals surface area contributed by atoms with E-state index >= 15 is 0 Å². The first-order valence-corrected chi connectivity index (χ1v) is 9.81. The Morgan fingerprint density at radius 1 is 1.30 bits per heavy atom. The van der Waals surface area contributed by atoms with Gasteiger partial charge in [0, 0.05) is 18.2 Å². The monoisotopic (exact) mass is 385 g/mol. The molecule has 0 radical (unpaired) electrons. The first kappa shape index (κ1) is 19.2.